The zero-order chi connectivity index (χ0) is 21.6. The lowest BCUT2D eigenvalue weighted by Crippen LogP contribution is -2.38. The van der Waals surface area contributed by atoms with Gasteiger partial charge in [-0.15, -0.1) is 0 Å². The van der Waals surface area contributed by atoms with E-state index in [0.29, 0.717) is 0 Å². The highest BCUT2D eigenvalue weighted by Gasteiger charge is 2.27. The maximum Gasteiger partial charge on any atom is 0.227 e. The first-order valence-corrected chi connectivity index (χ1v) is 11.2. The van der Waals surface area contributed by atoms with Gasteiger partial charge >= 0.3 is 0 Å². The molecule has 1 saturated heterocycles. The summed E-state index contributed by atoms with van der Waals surface area (Å²) < 4.78 is 5.17. The van der Waals surface area contributed by atoms with Crippen LogP contribution in [0.4, 0.5) is 11.5 Å². The lowest BCUT2D eigenvalue weighted by Gasteiger charge is -2.32. The first kappa shape index (κ1) is 21.2. The monoisotopic (exact) mass is 434 g/mol. The van der Waals surface area contributed by atoms with Gasteiger partial charge in [-0.05, 0) is 56.2 Å². The molecule has 7 heteroatoms. The van der Waals surface area contributed by atoms with E-state index in [1.54, 1.807) is 31.3 Å². The van der Waals surface area contributed by atoms with Crippen LogP contribution in [0.15, 0.2) is 70.8 Å². The Morgan fingerprint density at radius 3 is 2.55 bits per heavy atom. The van der Waals surface area contributed by atoms with E-state index in [0.717, 1.165) is 53.1 Å². The van der Waals surface area contributed by atoms with Gasteiger partial charge in [0.25, 0.3) is 0 Å². The summed E-state index contributed by atoms with van der Waals surface area (Å²) in [6.45, 7) is 3.64. The number of hydrogen-bond acceptors (Lipinski definition) is 6. The van der Waals surface area contributed by atoms with Gasteiger partial charge in [0.05, 0.1) is 7.11 Å². The Labute approximate surface area is 187 Å². The molecule has 0 bridgehead atoms. The fourth-order valence-corrected chi connectivity index (χ4v) is 4.67. The van der Waals surface area contributed by atoms with E-state index in [4.69, 9.17) is 4.74 Å². The minimum absolute atomic E-state index is 0.0112. The summed E-state index contributed by atoms with van der Waals surface area (Å²) in [5.74, 6) is 1.72. The third-order valence-corrected chi connectivity index (χ3v) is 6.34. The number of hydrogen-bond donors (Lipinski definition) is 1. The summed E-state index contributed by atoms with van der Waals surface area (Å²) in [5, 5.41) is 3.92. The molecule has 0 unspecified atom stereocenters. The summed E-state index contributed by atoms with van der Waals surface area (Å²) in [6, 6.07) is 15.8. The molecule has 2 heterocycles. The number of piperidine rings is 1. The molecule has 1 amide bonds. The largest absolute Gasteiger partial charge is 0.497 e. The Balaban J connectivity index is 1.38. The molecule has 0 atom stereocenters. The minimum Gasteiger partial charge on any atom is -0.497 e. The molecule has 4 rings (SSSR count). The number of carbonyl (C=O) groups excluding carboxylic acids is 1. The number of nitrogens with zero attached hydrogens (tertiary/aromatic N) is 3. The van der Waals surface area contributed by atoms with Crippen LogP contribution in [-0.4, -0.2) is 36.1 Å². The third-order valence-electron chi connectivity index (χ3n) is 5.37. The fraction of sp³-hybridized carbons (Fsp3) is 0.292. The molecule has 1 aliphatic rings. The highest BCUT2D eigenvalue weighted by molar-refractivity contribution is 7.99. The highest BCUT2D eigenvalue weighted by Crippen LogP contribution is 2.34. The predicted molar refractivity (Wildman–Crippen MR) is 124 cm³/mol. The molecule has 1 N–H and O–H groups in total. The second kappa shape index (κ2) is 9.83. The minimum atomic E-state index is -0.0112. The van der Waals surface area contributed by atoms with Gasteiger partial charge in [0.1, 0.15) is 10.8 Å². The molecule has 160 valence electrons. The standard InChI is InChI=1S/C24H26N4O2S/c1-17-4-3-5-21(16-17)31-24-22(25-12-13-26-24)28-14-10-18(11-15-28)23(29)27-19-6-8-20(30-2)9-7-19/h3-9,12-13,16,18H,10-11,14-15H2,1-2H3,(H,27,29). The number of amides is 1. The molecule has 6 nitrogen and oxygen atoms in total. The number of aromatic nitrogens is 2. The number of rotatable bonds is 6. The zero-order valence-corrected chi connectivity index (χ0v) is 18.6. The summed E-state index contributed by atoms with van der Waals surface area (Å²) >= 11 is 1.63. The second-order valence-electron chi connectivity index (χ2n) is 7.58. The molecule has 1 fully saturated rings. The molecular formula is C24H26N4O2S. The van der Waals surface area contributed by atoms with Gasteiger partial charge in [-0.25, -0.2) is 9.97 Å². The van der Waals surface area contributed by atoms with Crippen LogP contribution in [0.2, 0.25) is 0 Å². The third kappa shape index (κ3) is 5.35. The van der Waals surface area contributed by atoms with Crippen LogP contribution in [0.5, 0.6) is 5.75 Å². The average molecular weight is 435 g/mol. The van der Waals surface area contributed by atoms with Gasteiger partial charge in [0.2, 0.25) is 5.91 Å². The van der Waals surface area contributed by atoms with Crippen molar-refractivity contribution in [1.82, 2.24) is 9.97 Å². The molecule has 0 spiro atoms. The first-order chi connectivity index (χ1) is 15.1. The fourth-order valence-electron chi connectivity index (χ4n) is 3.67. The molecule has 0 radical (unpaired) electrons. The van der Waals surface area contributed by atoms with Crippen molar-refractivity contribution in [1.29, 1.82) is 0 Å². The lowest BCUT2D eigenvalue weighted by atomic mass is 9.96. The van der Waals surface area contributed by atoms with Crippen LogP contribution >= 0.6 is 11.8 Å². The van der Waals surface area contributed by atoms with Crippen molar-refractivity contribution < 1.29 is 9.53 Å². The number of methoxy groups -OCH3 is 1. The van der Waals surface area contributed by atoms with Gasteiger partial charge < -0.3 is 15.0 Å². The van der Waals surface area contributed by atoms with Gasteiger partial charge in [0.15, 0.2) is 5.82 Å². The topological polar surface area (TPSA) is 67.3 Å². The van der Waals surface area contributed by atoms with E-state index in [2.05, 4.69) is 51.4 Å². The molecule has 1 aromatic heterocycles. The van der Waals surface area contributed by atoms with Crippen molar-refractivity contribution in [3.8, 4) is 5.75 Å². The summed E-state index contributed by atoms with van der Waals surface area (Å²) in [4.78, 5) is 25.3. The number of carbonyl (C=O) groups is 1. The first-order valence-electron chi connectivity index (χ1n) is 10.4. The molecule has 3 aromatic rings. The quantitative estimate of drug-likeness (QED) is 0.601. The Morgan fingerprint density at radius 2 is 1.84 bits per heavy atom. The predicted octanol–water partition coefficient (Wildman–Crippen LogP) is 4.80. The molecule has 31 heavy (non-hydrogen) atoms. The van der Waals surface area contributed by atoms with Crippen LogP contribution < -0.4 is 15.0 Å². The van der Waals surface area contributed by atoms with Crippen molar-refractivity contribution in [2.24, 2.45) is 5.92 Å². The molecule has 0 saturated carbocycles. The van der Waals surface area contributed by atoms with E-state index >= 15 is 0 Å². The molecule has 2 aromatic carbocycles. The SMILES string of the molecule is COc1ccc(NC(=O)C2CCN(c3nccnc3Sc3cccc(C)c3)CC2)cc1. The van der Waals surface area contributed by atoms with Crippen LogP contribution in [0, 0.1) is 12.8 Å². The van der Waals surface area contributed by atoms with Gasteiger partial charge in [-0.1, -0.05) is 29.5 Å². The van der Waals surface area contributed by atoms with E-state index in [1.807, 2.05) is 24.3 Å². The Kier molecular flexibility index (Phi) is 6.72. The number of aryl methyl sites for hydroxylation is 1. The Bertz CT molecular complexity index is 1030. The van der Waals surface area contributed by atoms with Gasteiger partial charge in [-0.2, -0.15) is 0 Å². The Hall–Kier alpha value is -3.06. The Morgan fingerprint density at radius 1 is 1.10 bits per heavy atom. The van der Waals surface area contributed by atoms with Gasteiger partial charge in [-0.3, -0.25) is 4.79 Å². The number of anilines is 2. The van der Waals surface area contributed by atoms with E-state index in [-0.39, 0.29) is 11.8 Å². The molecular weight excluding hydrogens is 408 g/mol. The van der Waals surface area contributed by atoms with E-state index in [1.165, 1.54) is 5.56 Å². The summed E-state index contributed by atoms with van der Waals surface area (Å²) in [7, 11) is 1.63. The highest BCUT2D eigenvalue weighted by atomic mass is 32.2. The van der Waals surface area contributed by atoms with E-state index in [9.17, 15) is 4.79 Å². The van der Waals surface area contributed by atoms with Crippen LogP contribution in [-0.2, 0) is 4.79 Å². The normalized spacial score (nSPS) is 14.3. The molecule has 1 aliphatic heterocycles. The van der Waals surface area contributed by atoms with Crippen LogP contribution in [0.25, 0.3) is 0 Å². The smallest absolute Gasteiger partial charge is 0.227 e. The average Bonchev–Trinajstić information content (AvgIpc) is 2.80. The summed E-state index contributed by atoms with van der Waals surface area (Å²) in [5.41, 5.74) is 2.01. The van der Waals surface area contributed by atoms with Gasteiger partial charge in [0, 0.05) is 42.0 Å². The van der Waals surface area contributed by atoms with Crippen LogP contribution in [0.3, 0.4) is 0 Å². The number of ether oxygens (including phenoxy) is 1. The zero-order valence-electron chi connectivity index (χ0n) is 17.7. The van der Waals surface area contributed by atoms with E-state index < -0.39 is 0 Å². The van der Waals surface area contributed by atoms with Crippen LogP contribution in [0.1, 0.15) is 18.4 Å². The number of nitrogens with one attached hydrogen (secondary N) is 1. The van der Waals surface area contributed by atoms with Crippen molar-refractivity contribution in [3.63, 3.8) is 0 Å². The summed E-state index contributed by atoms with van der Waals surface area (Å²) in [6.07, 6.45) is 5.04. The van der Waals surface area contributed by atoms with Crippen molar-refractivity contribution in [2.75, 3.05) is 30.4 Å². The number of benzene rings is 2. The lowest BCUT2D eigenvalue weighted by molar-refractivity contribution is -0.120. The molecule has 0 aliphatic carbocycles. The van der Waals surface area contributed by atoms with Crippen molar-refractivity contribution in [2.45, 2.75) is 29.7 Å². The van der Waals surface area contributed by atoms with Crippen molar-refractivity contribution >= 4 is 29.2 Å². The maximum absolute atomic E-state index is 12.7. The maximum atomic E-state index is 12.7. The second-order valence-corrected chi connectivity index (χ2v) is 8.64. The van der Waals surface area contributed by atoms with Crippen molar-refractivity contribution in [3.05, 3.63) is 66.5 Å².